The highest BCUT2D eigenvalue weighted by molar-refractivity contribution is 9.10. The third-order valence-corrected chi connectivity index (χ3v) is 3.94. The Balaban J connectivity index is 2.67. The molecule has 0 saturated carbocycles. The first-order chi connectivity index (χ1) is 11.1. The summed E-state index contributed by atoms with van der Waals surface area (Å²) >= 11 is 3.40. The number of nitrogens with one attached hydrogen (secondary N) is 1. The Labute approximate surface area is 151 Å². The first-order valence-corrected chi connectivity index (χ1v) is 8.67. The highest BCUT2D eigenvalue weighted by Gasteiger charge is 2.19. The van der Waals surface area contributed by atoms with E-state index in [9.17, 15) is 15.0 Å². The lowest BCUT2D eigenvalue weighted by Crippen LogP contribution is -2.34. The van der Waals surface area contributed by atoms with Gasteiger partial charge in [-0.05, 0) is 49.2 Å². The molecular weight excluding hydrogens is 378 g/mol. The Hall–Kier alpha value is -1.31. The molecule has 1 aromatic carbocycles. The normalized spacial score (nSPS) is 14.0. The number of hydrogen-bond acceptors (Lipinski definition) is 5. The summed E-state index contributed by atoms with van der Waals surface area (Å²) in [5.41, 5.74) is -0.0155. The van der Waals surface area contributed by atoms with E-state index in [0.29, 0.717) is 22.2 Å². The zero-order chi connectivity index (χ0) is 18.3. The number of aliphatic hydroxyl groups is 2. The molecule has 7 heteroatoms. The second-order valence-electron chi connectivity index (χ2n) is 6.43. The number of alkyl carbamates (subject to hydrolysis) is 1. The molecule has 1 amide bonds. The molecule has 0 heterocycles. The van der Waals surface area contributed by atoms with E-state index in [-0.39, 0.29) is 13.2 Å². The number of rotatable bonds is 7. The van der Waals surface area contributed by atoms with Gasteiger partial charge in [0.15, 0.2) is 0 Å². The molecule has 0 aromatic heterocycles. The van der Waals surface area contributed by atoms with Gasteiger partial charge in [0.25, 0.3) is 0 Å². The predicted octanol–water partition coefficient (Wildman–Crippen LogP) is 3.16. The molecule has 24 heavy (non-hydrogen) atoms. The Bertz CT molecular complexity index is 544. The van der Waals surface area contributed by atoms with Crippen molar-refractivity contribution in [3.05, 3.63) is 28.2 Å². The maximum absolute atomic E-state index is 11.6. The molecule has 1 rings (SSSR count). The molecular formula is C17H26BrNO5. The van der Waals surface area contributed by atoms with Gasteiger partial charge in [-0.25, -0.2) is 4.79 Å². The summed E-state index contributed by atoms with van der Waals surface area (Å²) in [5.74, 6) is 0.524. The van der Waals surface area contributed by atoms with Gasteiger partial charge in [0.1, 0.15) is 18.0 Å². The van der Waals surface area contributed by atoms with E-state index < -0.39 is 23.9 Å². The van der Waals surface area contributed by atoms with Gasteiger partial charge in [-0.3, -0.25) is 0 Å². The van der Waals surface area contributed by atoms with Crippen molar-refractivity contribution in [1.29, 1.82) is 0 Å². The van der Waals surface area contributed by atoms with E-state index >= 15 is 0 Å². The lowest BCUT2D eigenvalue weighted by atomic mass is 10.1. The SMILES string of the molecule is CC[C@@H](O)COc1cccc(C(O)CNC(=O)OC(C)(C)C)c1Br. The number of benzene rings is 1. The summed E-state index contributed by atoms with van der Waals surface area (Å²) in [4.78, 5) is 11.6. The summed E-state index contributed by atoms with van der Waals surface area (Å²) in [6, 6.07) is 5.21. The van der Waals surface area contributed by atoms with Crippen molar-refractivity contribution in [1.82, 2.24) is 5.32 Å². The van der Waals surface area contributed by atoms with Crippen molar-refractivity contribution < 1.29 is 24.5 Å². The third-order valence-electron chi connectivity index (χ3n) is 3.09. The average molecular weight is 404 g/mol. The molecule has 0 fully saturated rings. The van der Waals surface area contributed by atoms with Crippen LogP contribution in [0.25, 0.3) is 0 Å². The molecule has 0 aliphatic rings. The van der Waals surface area contributed by atoms with Crippen LogP contribution in [0, 0.1) is 0 Å². The third kappa shape index (κ3) is 7.07. The van der Waals surface area contributed by atoms with Crippen molar-refractivity contribution in [2.24, 2.45) is 0 Å². The zero-order valence-corrected chi connectivity index (χ0v) is 16.1. The van der Waals surface area contributed by atoms with Crippen LogP contribution in [0.4, 0.5) is 4.79 Å². The van der Waals surface area contributed by atoms with E-state index in [1.165, 1.54) is 0 Å². The van der Waals surface area contributed by atoms with Crippen LogP contribution < -0.4 is 10.1 Å². The molecule has 0 radical (unpaired) electrons. The minimum Gasteiger partial charge on any atom is -0.490 e. The number of amides is 1. The van der Waals surface area contributed by atoms with E-state index in [1.54, 1.807) is 39.0 Å². The van der Waals surface area contributed by atoms with Gasteiger partial charge < -0.3 is 25.0 Å². The Kier molecular flexibility index (Phi) is 7.99. The summed E-state index contributed by atoms with van der Waals surface area (Å²) in [6.07, 6.45) is -1.46. The Morgan fingerprint density at radius 3 is 2.58 bits per heavy atom. The van der Waals surface area contributed by atoms with E-state index in [1.807, 2.05) is 6.92 Å². The van der Waals surface area contributed by atoms with Crippen LogP contribution in [0.5, 0.6) is 5.75 Å². The maximum Gasteiger partial charge on any atom is 0.407 e. The molecule has 0 bridgehead atoms. The second kappa shape index (κ2) is 9.25. The van der Waals surface area contributed by atoms with Crippen molar-refractivity contribution >= 4 is 22.0 Å². The second-order valence-corrected chi connectivity index (χ2v) is 7.22. The van der Waals surface area contributed by atoms with Gasteiger partial charge in [-0.15, -0.1) is 0 Å². The van der Waals surface area contributed by atoms with Gasteiger partial charge in [0.2, 0.25) is 0 Å². The number of aliphatic hydroxyl groups excluding tert-OH is 2. The van der Waals surface area contributed by atoms with Gasteiger partial charge >= 0.3 is 6.09 Å². The number of carbonyl (C=O) groups excluding carboxylic acids is 1. The number of carbonyl (C=O) groups is 1. The lowest BCUT2D eigenvalue weighted by molar-refractivity contribution is 0.0491. The zero-order valence-electron chi connectivity index (χ0n) is 14.5. The summed E-state index contributed by atoms with van der Waals surface area (Å²) in [7, 11) is 0. The molecule has 1 aromatic rings. The van der Waals surface area contributed by atoms with Gasteiger partial charge in [0, 0.05) is 5.56 Å². The molecule has 136 valence electrons. The van der Waals surface area contributed by atoms with Gasteiger partial charge in [-0.1, -0.05) is 19.1 Å². The van der Waals surface area contributed by atoms with Gasteiger partial charge in [0.05, 0.1) is 23.2 Å². The summed E-state index contributed by atoms with van der Waals surface area (Å²) in [6.45, 7) is 7.35. The van der Waals surface area contributed by atoms with Crippen LogP contribution >= 0.6 is 15.9 Å². The van der Waals surface area contributed by atoms with Crippen LogP contribution in [0.15, 0.2) is 22.7 Å². The molecule has 2 atom stereocenters. The van der Waals surface area contributed by atoms with Crippen LogP contribution in [-0.2, 0) is 4.74 Å². The van der Waals surface area contributed by atoms with Crippen molar-refractivity contribution in [3.63, 3.8) is 0 Å². The summed E-state index contributed by atoms with van der Waals surface area (Å²) in [5, 5.41) is 22.4. The highest BCUT2D eigenvalue weighted by atomic mass is 79.9. The summed E-state index contributed by atoms with van der Waals surface area (Å²) < 4.78 is 11.3. The van der Waals surface area contributed by atoms with E-state index in [0.717, 1.165) is 0 Å². The molecule has 6 nitrogen and oxygen atoms in total. The topological polar surface area (TPSA) is 88.0 Å². The fourth-order valence-corrected chi connectivity index (χ4v) is 2.45. The molecule has 0 aliphatic heterocycles. The molecule has 1 unspecified atom stereocenters. The minimum absolute atomic E-state index is 0.00848. The van der Waals surface area contributed by atoms with Gasteiger partial charge in [-0.2, -0.15) is 0 Å². The average Bonchev–Trinajstić information content (AvgIpc) is 2.49. The highest BCUT2D eigenvalue weighted by Crippen LogP contribution is 2.32. The predicted molar refractivity (Wildman–Crippen MR) is 95.1 cm³/mol. The molecule has 0 saturated heterocycles. The first kappa shape index (κ1) is 20.7. The van der Waals surface area contributed by atoms with Crippen molar-refractivity contribution in [3.8, 4) is 5.75 Å². The Morgan fingerprint density at radius 2 is 2.00 bits per heavy atom. The largest absolute Gasteiger partial charge is 0.490 e. The quantitative estimate of drug-likeness (QED) is 0.650. The molecule has 3 N–H and O–H groups in total. The van der Waals surface area contributed by atoms with Crippen LogP contribution in [0.1, 0.15) is 45.8 Å². The van der Waals surface area contributed by atoms with Crippen LogP contribution in [-0.4, -0.2) is 41.2 Å². The number of halogens is 1. The fourth-order valence-electron chi connectivity index (χ4n) is 1.80. The fraction of sp³-hybridized carbons (Fsp3) is 0.588. The lowest BCUT2D eigenvalue weighted by Gasteiger charge is -2.21. The molecule has 0 aliphatic carbocycles. The van der Waals surface area contributed by atoms with E-state index in [4.69, 9.17) is 9.47 Å². The van der Waals surface area contributed by atoms with Crippen LogP contribution in [0.2, 0.25) is 0 Å². The van der Waals surface area contributed by atoms with Crippen molar-refractivity contribution in [2.75, 3.05) is 13.2 Å². The Morgan fingerprint density at radius 1 is 1.33 bits per heavy atom. The standard InChI is InChI=1S/C17H26BrNO5/c1-5-11(20)10-23-14-8-6-7-12(15(14)18)13(21)9-19-16(22)24-17(2,3)4/h6-8,11,13,20-21H,5,9-10H2,1-4H3,(H,19,22)/t11-,13?/m1/s1. The minimum atomic E-state index is -0.924. The number of ether oxygens (including phenoxy) is 2. The van der Waals surface area contributed by atoms with Crippen LogP contribution in [0.3, 0.4) is 0 Å². The molecule has 0 spiro atoms. The monoisotopic (exact) mass is 403 g/mol. The smallest absolute Gasteiger partial charge is 0.407 e. The number of hydrogen-bond donors (Lipinski definition) is 3. The first-order valence-electron chi connectivity index (χ1n) is 7.88. The van der Waals surface area contributed by atoms with Crippen molar-refractivity contribution in [2.45, 2.75) is 51.9 Å². The van der Waals surface area contributed by atoms with E-state index in [2.05, 4.69) is 21.2 Å². The maximum atomic E-state index is 11.6.